The Labute approximate surface area is 111 Å². The average Bonchev–Trinajstić information content (AvgIpc) is 2.37. The Morgan fingerprint density at radius 2 is 2.11 bits per heavy atom. The monoisotopic (exact) mass is 260 g/mol. The molecule has 0 unspecified atom stereocenters. The summed E-state index contributed by atoms with van der Waals surface area (Å²) in [6, 6.07) is 8.22. The maximum atomic E-state index is 11.2. The van der Waals surface area contributed by atoms with Crippen molar-refractivity contribution in [2.24, 2.45) is 0 Å². The molecule has 3 nitrogen and oxygen atoms in total. The Morgan fingerprint density at radius 3 is 2.83 bits per heavy atom. The number of benzene rings is 1. The van der Waals surface area contributed by atoms with Crippen LogP contribution in [0.15, 0.2) is 29.3 Å². The molecule has 0 radical (unpaired) electrons. The number of nitrogens with zero attached hydrogens (tertiary/aromatic N) is 1. The van der Waals surface area contributed by atoms with Gasteiger partial charge in [0, 0.05) is 12.4 Å². The molecule has 0 fully saturated rings. The summed E-state index contributed by atoms with van der Waals surface area (Å²) in [6.07, 6.45) is 0. The smallest absolute Gasteiger partial charge is 0.230 e. The van der Waals surface area contributed by atoms with Crippen molar-refractivity contribution in [1.82, 2.24) is 10.3 Å². The highest BCUT2D eigenvalue weighted by Gasteiger charge is 2.07. The Hall–Kier alpha value is -1.55. The van der Waals surface area contributed by atoms with E-state index in [1.807, 2.05) is 12.1 Å². The zero-order valence-electron chi connectivity index (χ0n) is 10.8. The van der Waals surface area contributed by atoms with Crippen molar-refractivity contribution in [1.29, 1.82) is 0 Å². The van der Waals surface area contributed by atoms with Gasteiger partial charge in [0.2, 0.25) is 5.91 Å². The van der Waals surface area contributed by atoms with E-state index in [-0.39, 0.29) is 5.91 Å². The minimum Gasteiger partial charge on any atom is -0.358 e. The standard InChI is InChI=1S/C14H16N2OS/c1-9-5-4-6-11-10(2)7-13(16-14(9)11)18-8-12(17)15-3/h4-7H,8H2,1-3H3,(H,15,17). The molecule has 1 aromatic heterocycles. The molecule has 0 aliphatic rings. The summed E-state index contributed by atoms with van der Waals surface area (Å²) in [5.41, 5.74) is 3.39. The number of aromatic nitrogens is 1. The van der Waals surface area contributed by atoms with Gasteiger partial charge in [-0.1, -0.05) is 30.0 Å². The molecular formula is C14H16N2OS. The fourth-order valence-electron chi connectivity index (χ4n) is 1.82. The molecule has 4 heteroatoms. The molecule has 0 bridgehead atoms. The van der Waals surface area contributed by atoms with Crippen molar-refractivity contribution in [2.75, 3.05) is 12.8 Å². The molecule has 0 aliphatic heterocycles. The molecule has 0 saturated carbocycles. The maximum absolute atomic E-state index is 11.2. The highest BCUT2D eigenvalue weighted by molar-refractivity contribution is 7.99. The minimum absolute atomic E-state index is 0.0179. The first-order valence-corrected chi connectivity index (χ1v) is 6.80. The van der Waals surface area contributed by atoms with Gasteiger partial charge >= 0.3 is 0 Å². The zero-order chi connectivity index (χ0) is 13.1. The molecule has 2 rings (SSSR count). The topological polar surface area (TPSA) is 42.0 Å². The number of hydrogen-bond acceptors (Lipinski definition) is 3. The van der Waals surface area contributed by atoms with E-state index in [0.717, 1.165) is 16.1 Å². The van der Waals surface area contributed by atoms with E-state index in [2.05, 4.69) is 36.3 Å². The third kappa shape index (κ3) is 2.64. The second kappa shape index (κ2) is 5.40. The van der Waals surface area contributed by atoms with Crippen molar-refractivity contribution in [3.63, 3.8) is 0 Å². The molecule has 2 aromatic rings. The van der Waals surface area contributed by atoms with Crippen LogP contribution in [-0.4, -0.2) is 23.7 Å². The van der Waals surface area contributed by atoms with Crippen LogP contribution in [0, 0.1) is 13.8 Å². The summed E-state index contributed by atoms with van der Waals surface area (Å²) in [5, 5.41) is 4.69. The van der Waals surface area contributed by atoms with E-state index in [0.29, 0.717) is 5.75 Å². The van der Waals surface area contributed by atoms with E-state index < -0.39 is 0 Å². The highest BCUT2D eigenvalue weighted by Crippen LogP contribution is 2.25. The van der Waals surface area contributed by atoms with Gasteiger partial charge in [-0.2, -0.15) is 0 Å². The van der Waals surface area contributed by atoms with Gasteiger partial charge in [0.25, 0.3) is 0 Å². The number of aryl methyl sites for hydroxylation is 2. The Kier molecular flexibility index (Phi) is 3.87. The molecule has 1 amide bonds. The number of para-hydroxylation sites is 1. The quantitative estimate of drug-likeness (QED) is 0.863. The lowest BCUT2D eigenvalue weighted by Crippen LogP contribution is -2.19. The van der Waals surface area contributed by atoms with Crippen LogP contribution in [0.5, 0.6) is 0 Å². The summed E-state index contributed by atoms with van der Waals surface area (Å²) in [4.78, 5) is 15.9. The molecule has 0 atom stereocenters. The summed E-state index contributed by atoms with van der Waals surface area (Å²) >= 11 is 1.47. The van der Waals surface area contributed by atoms with Gasteiger partial charge < -0.3 is 5.32 Å². The lowest BCUT2D eigenvalue weighted by Gasteiger charge is -2.07. The van der Waals surface area contributed by atoms with Gasteiger partial charge in [-0.05, 0) is 31.0 Å². The zero-order valence-corrected chi connectivity index (χ0v) is 11.6. The minimum atomic E-state index is 0.0179. The van der Waals surface area contributed by atoms with Crippen molar-refractivity contribution >= 4 is 28.6 Å². The van der Waals surface area contributed by atoms with E-state index >= 15 is 0 Å². The van der Waals surface area contributed by atoms with Gasteiger partial charge in [0.05, 0.1) is 16.3 Å². The number of carbonyl (C=O) groups excluding carboxylic acids is 1. The number of hydrogen-bond donors (Lipinski definition) is 1. The van der Waals surface area contributed by atoms with Crippen molar-refractivity contribution in [2.45, 2.75) is 18.9 Å². The average molecular weight is 260 g/mol. The maximum Gasteiger partial charge on any atom is 0.230 e. The van der Waals surface area contributed by atoms with Gasteiger partial charge in [-0.25, -0.2) is 4.98 Å². The highest BCUT2D eigenvalue weighted by atomic mass is 32.2. The Bertz CT molecular complexity index is 596. The van der Waals surface area contributed by atoms with Crippen molar-refractivity contribution < 1.29 is 4.79 Å². The van der Waals surface area contributed by atoms with E-state index in [1.165, 1.54) is 22.7 Å². The van der Waals surface area contributed by atoms with E-state index in [4.69, 9.17) is 0 Å². The lowest BCUT2D eigenvalue weighted by atomic mass is 10.1. The number of pyridine rings is 1. The first kappa shape index (κ1) is 12.9. The molecule has 0 saturated heterocycles. The number of amides is 1. The van der Waals surface area contributed by atoms with Gasteiger partial charge in [0.15, 0.2) is 0 Å². The molecule has 0 spiro atoms. The molecule has 1 N–H and O–H groups in total. The van der Waals surface area contributed by atoms with Gasteiger partial charge in [0.1, 0.15) is 0 Å². The summed E-state index contributed by atoms with van der Waals surface area (Å²) < 4.78 is 0. The predicted octanol–water partition coefficient (Wildman–Crippen LogP) is 2.69. The Balaban J connectivity index is 2.36. The van der Waals surface area contributed by atoms with E-state index in [1.54, 1.807) is 7.05 Å². The van der Waals surface area contributed by atoms with Crippen LogP contribution in [0.2, 0.25) is 0 Å². The summed E-state index contributed by atoms with van der Waals surface area (Å²) in [7, 11) is 1.64. The molecule has 18 heavy (non-hydrogen) atoms. The molecular weight excluding hydrogens is 244 g/mol. The van der Waals surface area contributed by atoms with Gasteiger partial charge in [-0.3, -0.25) is 4.79 Å². The third-order valence-corrected chi connectivity index (χ3v) is 3.77. The normalized spacial score (nSPS) is 10.6. The van der Waals surface area contributed by atoms with Crippen LogP contribution >= 0.6 is 11.8 Å². The molecule has 1 heterocycles. The predicted molar refractivity (Wildman–Crippen MR) is 76.0 cm³/mol. The van der Waals surface area contributed by atoms with Crippen LogP contribution in [0.25, 0.3) is 10.9 Å². The third-order valence-electron chi connectivity index (χ3n) is 2.85. The second-order valence-corrected chi connectivity index (χ2v) is 5.21. The van der Waals surface area contributed by atoms with Crippen LogP contribution in [-0.2, 0) is 4.79 Å². The van der Waals surface area contributed by atoms with E-state index in [9.17, 15) is 4.79 Å². The van der Waals surface area contributed by atoms with Crippen LogP contribution in [0.4, 0.5) is 0 Å². The fraction of sp³-hybridized carbons (Fsp3) is 0.286. The fourth-order valence-corrected chi connectivity index (χ4v) is 2.66. The van der Waals surface area contributed by atoms with Crippen LogP contribution in [0.3, 0.4) is 0 Å². The summed E-state index contributed by atoms with van der Waals surface area (Å²) in [5.74, 6) is 0.421. The number of rotatable bonds is 3. The lowest BCUT2D eigenvalue weighted by molar-refractivity contribution is -0.118. The largest absolute Gasteiger partial charge is 0.358 e. The van der Waals surface area contributed by atoms with Crippen molar-refractivity contribution in [3.8, 4) is 0 Å². The van der Waals surface area contributed by atoms with Crippen LogP contribution < -0.4 is 5.32 Å². The first-order chi connectivity index (χ1) is 8.61. The number of carbonyl (C=O) groups is 1. The molecule has 94 valence electrons. The number of thioether (sulfide) groups is 1. The SMILES string of the molecule is CNC(=O)CSc1cc(C)c2cccc(C)c2n1. The first-order valence-electron chi connectivity index (χ1n) is 5.82. The second-order valence-electron chi connectivity index (χ2n) is 4.21. The number of nitrogens with one attached hydrogen (secondary N) is 1. The van der Waals surface area contributed by atoms with Crippen LogP contribution in [0.1, 0.15) is 11.1 Å². The Morgan fingerprint density at radius 1 is 1.33 bits per heavy atom. The number of fused-ring (bicyclic) bond motifs is 1. The van der Waals surface area contributed by atoms with Gasteiger partial charge in [-0.15, -0.1) is 0 Å². The van der Waals surface area contributed by atoms with Crippen molar-refractivity contribution in [3.05, 3.63) is 35.4 Å². The summed E-state index contributed by atoms with van der Waals surface area (Å²) in [6.45, 7) is 4.13. The molecule has 1 aromatic carbocycles. The molecule has 0 aliphatic carbocycles.